The number of nitrogens with one attached hydrogen (secondary N) is 1. The Balaban J connectivity index is 1.89. The summed E-state index contributed by atoms with van der Waals surface area (Å²) < 4.78 is 0. The van der Waals surface area contributed by atoms with E-state index in [1.807, 2.05) is 48.7 Å². The lowest BCUT2D eigenvalue weighted by atomic mass is 10.2. The van der Waals surface area contributed by atoms with Crippen molar-refractivity contribution in [2.45, 2.75) is 6.42 Å². The number of nitrogens with two attached hydrogens (primary N) is 1. The third kappa shape index (κ3) is 3.34. The highest BCUT2D eigenvalue weighted by molar-refractivity contribution is 5.68. The third-order valence-corrected chi connectivity index (χ3v) is 2.41. The van der Waals surface area contributed by atoms with Crippen LogP contribution in [0.15, 0.2) is 59.7 Å². The van der Waals surface area contributed by atoms with Crippen molar-refractivity contribution >= 4 is 17.6 Å². The third-order valence-electron chi connectivity index (χ3n) is 2.41. The molecule has 3 nitrogen and oxygen atoms in total. The van der Waals surface area contributed by atoms with E-state index in [1.54, 1.807) is 0 Å². The van der Waals surface area contributed by atoms with Gasteiger partial charge < -0.3 is 5.73 Å². The lowest BCUT2D eigenvalue weighted by Gasteiger charge is -2.03. The van der Waals surface area contributed by atoms with Gasteiger partial charge in [0.15, 0.2) is 0 Å². The maximum absolute atomic E-state index is 5.78. The number of benzene rings is 2. The van der Waals surface area contributed by atoms with Crippen LogP contribution in [-0.2, 0) is 6.42 Å². The van der Waals surface area contributed by atoms with E-state index in [9.17, 15) is 0 Å². The van der Waals surface area contributed by atoms with Crippen molar-refractivity contribution in [3.8, 4) is 0 Å². The van der Waals surface area contributed by atoms with Gasteiger partial charge in [-0.2, -0.15) is 5.10 Å². The Kier molecular flexibility index (Phi) is 3.76. The molecule has 2 aromatic carbocycles. The first-order valence-corrected chi connectivity index (χ1v) is 5.52. The number of nitrogens with zero attached hydrogens (tertiary/aromatic N) is 1. The molecular formula is C14H15N3. The van der Waals surface area contributed by atoms with Gasteiger partial charge in [-0.3, -0.25) is 5.43 Å². The molecule has 0 fully saturated rings. The largest absolute Gasteiger partial charge is 0.397 e. The summed E-state index contributed by atoms with van der Waals surface area (Å²) >= 11 is 0. The number of hydrogen-bond acceptors (Lipinski definition) is 3. The van der Waals surface area contributed by atoms with Crippen molar-refractivity contribution in [3.05, 3.63) is 60.2 Å². The first kappa shape index (κ1) is 11.2. The van der Waals surface area contributed by atoms with E-state index in [0.717, 1.165) is 12.1 Å². The molecule has 0 saturated carbocycles. The average molecular weight is 225 g/mol. The van der Waals surface area contributed by atoms with Crippen LogP contribution in [0.3, 0.4) is 0 Å². The van der Waals surface area contributed by atoms with Gasteiger partial charge in [-0.25, -0.2) is 0 Å². The normalized spacial score (nSPS) is 10.6. The van der Waals surface area contributed by atoms with Gasteiger partial charge >= 0.3 is 0 Å². The molecule has 0 aromatic heterocycles. The number of para-hydroxylation sites is 2. The molecule has 3 heteroatoms. The van der Waals surface area contributed by atoms with E-state index in [4.69, 9.17) is 5.73 Å². The van der Waals surface area contributed by atoms with Gasteiger partial charge in [0.2, 0.25) is 0 Å². The molecule has 2 aromatic rings. The molecule has 86 valence electrons. The van der Waals surface area contributed by atoms with E-state index in [1.165, 1.54) is 5.56 Å². The summed E-state index contributed by atoms with van der Waals surface area (Å²) in [7, 11) is 0. The minimum Gasteiger partial charge on any atom is -0.397 e. The maximum Gasteiger partial charge on any atom is 0.0790 e. The van der Waals surface area contributed by atoms with Crippen molar-refractivity contribution in [2.75, 3.05) is 11.2 Å². The van der Waals surface area contributed by atoms with E-state index < -0.39 is 0 Å². The van der Waals surface area contributed by atoms with Crippen molar-refractivity contribution in [1.29, 1.82) is 0 Å². The predicted octanol–water partition coefficient (Wildman–Crippen LogP) is 2.91. The Hall–Kier alpha value is -2.29. The average Bonchev–Trinajstić information content (AvgIpc) is 2.38. The molecule has 0 aliphatic heterocycles. The highest BCUT2D eigenvalue weighted by Crippen LogP contribution is 2.16. The predicted molar refractivity (Wildman–Crippen MR) is 73.1 cm³/mol. The highest BCUT2D eigenvalue weighted by atomic mass is 15.3. The van der Waals surface area contributed by atoms with Crippen LogP contribution >= 0.6 is 0 Å². The van der Waals surface area contributed by atoms with Crippen molar-refractivity contribution in [3.63, 3.8) is 0 Å². The van der Waals surface area contributed by atoms with Crippen LogP contribution in [0.1, 0.15) is 5.56 Å². The summed E-state index contributed by atoms with van der Waals surface area (Å²) in [5, 5.41) is 4.14. The minimum absolute atomic E-state index is 0.698. The number of hydrogen-bond donors (Lipinski definition) is 2. The Morgan fingerprint density at radius 2 is 1.71 bits per heavy atom. The molecule has 0 spiro atoms. The minimum atomic E-state index is 0.698. The molecule has 3 N–H and O–H groups in total. The van der Waals surface area contributed by atoms with Crippen molar-refractivity contribution in [1.82, 2.24) is 0 Å². The molecule has 0 bridgehead atoms. The molecule has 0 atom stereocenters. The monoisotopic (exact) mass is 225 g/mol. The lowest BCUT2D eigenvalue weighted by molar-refractivity contribution is 1.29. The van der Waals surface area contributed by atoms with Crippen LogP contribution in [0.5, 0.6) is 0 Å². The van der Waals surface area contributed by atoms with Gasteiger partial charge in [-0.05, 0) is 17.7 Å². The summed E-state index contributed by atoms with van der Waals surface area (Å²) in [5.41, 5.74) is 11.5. The van der Waals surface area contributed by atoms with Crippen LogP contribution in [-0.4, -0.2) is 6.21 Å². The van der Waals surface area contributed by atoms with Crippen molar-refractivity contribution < 1.29 is 0 Å². The van der Waals surface area contributed by atoms with Gasteiger partial charge in [-0.1, -0.05) is 42.5 Å². The fraction of sp³-hybridized carbons (Fsp3) is 0.0714. The maximum atomic E-state index is 5.78. The fourth-order valence-corrected chi connectivity index (χ4v) is 1.48. The topological polar surface area (TPSA) is 50.4 Å². The molecule has 0 heterocycles. The molecule has 0 aliphatic rings. The zero-order chi connectivity index (χ0) is 11.9. The second kappa shape index (κ2) is 5.70. The number of anilines is 2. The van der Waals surface area contributed by atoms with Crippen molar-refractivity contribution in [2.24, 2.45) is 5.10 Å². The number of rotatable bonds is 4. The molecule has 0 amide bonds. The quantitative estimate of drug-likeness (QED) is 0.477. The van der Waals surface area contributed by atoms with Crippen LogP contribution in [0.4, 0.5) is 11.4 Å². The standard InChI is InChI=1S/C14H15N3/c15-13-8-4-5-9-14(13)17-16-11-10-12-6-2-1-3-7-12/h1-9,11,17H,10,15H2/b16-11+. The Morgan fingerprint density at radius 1 is 1.00 bits per heavy atom. The highest BCUT2D eigenvalue weighted by Gasteiger charge is 1.93. The molecule has 0 unspecified atom stereocenters. The lowest BCUT2D eigenvalue weighted by Crippen LogP contribution is -1.96. The van der Waals surface area contributed by atoms with Crippen LogP contribution in [0.2, 0.25) is 0 Å². The summed E-state index contributed by atoms with van der Waals surface area (Å²) in [6, 6.07) is 17.7. The molecular weight excluding hydrogens is 210 g/mol. The second-order valence-electron chi connectivity index (χ2n) is 3.70. The summed E-state index contributed by atoms with van der Waals surface area (Å²) in [6.45, 7) is 0. The Bertz CT molecular complexity index is 492. The van der Waals surface area contributed by atoms with Gasteiger partial charge in [0.05, 0.1) is 11.4 Å². The van der Waals surface area contributed by atoms with Crippen LogP contribution < -0.4 is 11.2 Å². The molecule has 17 heavy (non-hydrogen) atoms. The van der Waals surface area contributed by atoms with E-state index in [-0.39, 0.29) is 0 Å². The second-order valence-corrected chi connectivity index (χ2v) is 3.70. The summed E-state index contributed by atoms with van der Waals surface area (Å²) in [4.78, 5) is 0. The Morgan fingerprint density at radius 3 is 2.47 bits per heavy atom. The summed E-state index contributed by atoms with van der Waals surface area (Å²) in [6.07, 6.45) is 2.64. The molecule has 0 aliphatic carbocycles. The van der Waals surface area contributed by atoms with Crippen LogP contribution in [0.25, 0.3) is 0 Å². The number of hydrazone groups is 1. The van der Waals surface area contributed by atoms with E-state index >= 15 is 0 Å². The number of nitrogen functional groups attached to an aromatic ring is 1. The van der Waals surface area contributed by atoms with Gasteiger partial charge in [0, 0.05) is 12.6 Å². The first-order valence-electron chi connectivity index (χ1n) is 5.52. The summed E-state index contributed by atoms with van der Waals surface area (Å²) in [5.74, 6) is 0. The molecule has 2 rings (SSSR count). The van der Waals surface area contributed by atoms with E-state index in [0.29, 0.717) is 5.69 Å². The first-order chi connectivity index (χ1) is 8.36. The van der Waals surface area contributed by atoms with Crippen LogP contribution in [0, 0.1) is 0 Å². The zero-order valence-electron chi connectivity index (χ0n) is 9.51. The Labute approximate surface area is 101 Å². The SMILES string of the molecule is Nc1ccccc1N/N=C/Cc1ccccc1. The fourth-order valence-electron chi connectivity index (χ4n) is 1.48. The molecule has 0 saturated heterocycles. The van der Waals surface area contributed by atoms with E-state index in [2.05, 4.69) is 22.7 Å². The molecule has 0 radical (unpaired) electrons. The smallest absolute Gasteiger partial charge is 0.0790 e. The van der Waals surface area contributed by atoms with Gasteiger partial charge in [0.25, 0.3) is 0 Å². The van der Waals surface area contributed by atoms with Gasteiger partial charge in [-0.15, -0.1) is 0 Å². The van der Waals surface area contributed by atoms with Gasteiger partial charge in [0.1, 0.15) is 0 Å². The zero-order valence-corrected chi connectivity index (χ0v) is 9.51.